The quantitative estimate of drug-likeness (QED) is 0.474. The Bertz CT molecular complexity index is 1490. The molecule has 0 bridgehead atoms. The summed E-state index contributed by atoms with van der Waals surface area (Å²) < 4.78 is 14.6. The van der Waals surface area contributed by atoms with Crippen molar-refractivity contribution in [1.29, 1.82) is 0 Å². The molecule has 2 N–H and O–H groups in total. The zero-order valence-corrected chi connectivity index (χ0v) is 17.7. The van der Waals surface area contributed by atoms with Gasteiger partial charge in [-0.25, -0.2) is 19.1 Å². The number of amides is 2. The van der Waals surface area contributed by atoms with Gasteiger partial charge in [0.25, 0.3) is 11.5 Å². The van der Waals surface area contributed by atoms with E-state index in [9.17, 15) is 18.8 Å². The summed E-state index contributed by atoms with van der Waals surface area (Å²) in [6.45, 7) is 0.131. The van der Waals surface area contributed by atoms with Crippen molar-refractivity contribution in [3.05, 3.63) is 82.8 Å². The minimum Gasteiger partial charge on any atom is -0.319 e. The number of hydrogen-bond donors (Lipinski definition) is 2. The molecule has 2 aromatic carbocycles. The van der Waals surface area contributed by atoms with E-state index in [1.54, 1.807) is 36.4 Å². The predicted octanol–water partition coefficient (Wildman–Crippen LogP) is 2.37. The topological polar surface area (TPSA) is 125 Å². The van der Waals surface area contributed by atoms with Crippen LogP contribution < -0.4 is 10.9 Å². The van der Waals surface area contributed by atoms with Gasteiger partial charge in [0.2, 0.25) is 5.91 Å². The van der Waals surface area contributed by atoms with Crippen LogP contribution in [-0.4, -0.2) is 42.3 Å². The predicted molar refractivity (Wildman–Crippen MR) is 122 cm³/mol. The van der Waals surface area contributed by atoms with Gasteiger partial charge in [-0.15, -0.1) is 0 Å². The summed E-state index contributed by atoms with van der Waals surface area (Å²) in [6.07, 6.45) is 3.01. The van der Waals surface area contributed by atoms with Crippen LogP contribution in [0.5, 0.6) is 0 Å². The number of hydrazone groups is 1. The molecule has 0 saturated carbocycles. The standard InChI is InChI=1S/C23H18FN7O3/c24-15-7-5-14(6-8-15)12-30-20(32)10-9-18(29-30)23(34)28-17-3-1-2-4-19(17)31-21-16(11-27-31)22(33)26-13-25-21/h1-8,11,13H,9-10,12H2,(H,28,34)(H,25,26,33). The summed E-state index contributed by atoms with van der Waals surface area (Å²) in [6, 6.07) is 12.7. The number of anilines is 1. The lowest BCUT2D eigenvalue weighted by Gasteiger charge is -2.23. The lowest BCUT2D eigenvalue weighted by Crippen LogP contribution is -2.36. The second-order valence-corrected chi connectivity index (χ2v) is 7.62. The van der Waals surface area contributed by atoms with Gasteiger partial charge in [0, 0.05) is 12.8 Å². The Morgan fingerprint density at radius 1 is 1.09 bits per heavy atom. The monoisotopic (exact) mass is 459 g/mol. The molecule has 0 unspecified atom stereocenters. The van der Waals surface area contributed by atoms with Crippen molar-refractivity contribution in [1.82, 2.24) is 24.8 Å². The number of hydrogen-bond acceptors (Lipinski definition) is 6. The Labute approximate surface area is 191 Å². The van der Waals surface area contributed by atoms with Crippen LogP contribution in [0.25, 0.3) is 16.7 Å². The number of fused-ring (bicyclic) bond motifs is 1. The SMILES string of the molecule is O=C(Nc1ccccc1-n1ncc2c(=O)[nH]cnc21)C1=NN(Cc2ccc(F)cc2)C(=O)CC1. The summed E-state index contributed by atoms with van der Waals surface area (Å²) in [4.78, 5) is 44.1. The van der Waals surface area contributed by atoms with Crippen molar-refractivity contribution in [3.8, 4) is 5.69 Å². The number of benzene rings is 2. The largest absolute Gasteiger partial charge is 0.319 e. The number of nitrogens with one attached hydrogen (secondary N) is 2. The van der Waals surface area contributed by atoms with Gasteiger partial charge in [-0.05, 0) is 29.8 Å². The highest BCUT2D eigenvalue weighted by Gasteiger charge is 2.25. The fraction of sp³-hybridized carbons (Fsp3) is 0.130. The number of halogens is 1. The van der Waals surface area contributed by atoms with Crippen LogP contribution in [0.4, 0.5) is 10.1 Å². The molecule has 2 aromatic heterocycles. The summed E-state index contributed by atoms with van der Waals surface area (Å²) in [5.41, 5.74) is 1.86. The molecule has 11 heteroatoms. The number of aromatic amines is 1. The maximum absolute atomic E-state index is 13.2. The molecule has 10 nitrogen and oxygen atoms in total. The Kier molecular flexibility index (Phi) is 5.42. The molecule has 1 aliphatic heterocycles. The number of carbonyl (C=O) groups excluding carboxylic acids is 2. The molecule has 1 aliphatic rings. The van der Waals surface area contributed by atoms with E-state index in [4.69, 9.17) is 0 Å². The molecule has 0 spiro atoms. The molecular weight excluding hydrogens is 441 g/mol. The molecule has 3 heterocycles. The van der Waals surface area contributed by atoms with E-state index in [-0.39, 0.29) is 42.4 Å². The van der Waals surface area contributed by atoms with Gasteiger partial charge < -0.3 is 10.3 Å². The van der Waals surface area contributed by atoms with Crippen molar-refractivity contribution in [2.24, 2.45) is 5.10 Å². The van der Waals surface area contributed by atoms with Crippen LogP contribution in [-0.2, 0) is 16.1 Å². The fourth-order valence-corrected chi connectivity index (χ4v) is 3.64. The lowest BCUT2D eigenvalue weighted by atomic mass is 10.1. The Hall–Kier alpha value is -4.67. The lowest BCUT2D eigenvalue weighted by molar-refractivity contribution is -0.132. The molecular formula is C23H18FN7O3. The van der Waals surface area contributed by atoms with Crippen molar-refractivity contribution < 1.29 is 14.0 Å². The number of para-hydroxylation sites is 2. The fourth-order valence-electron chi connectivity index (χ4n) is 3.64. The first kappa shape index (κ1) is 21.2. The van der Waals surface area contributed by atoms with E-state index >= 15 is 0 Å². The maximum Gasteiger partial charge on any atom is 0.271 e. The van der Waals surface area contributed by atoms with Gasteiger partial charge in [-0.3, -0.25) is 14.4 Å². The normalized spacial score (nSPS) is 13.7. The summed E-state index contributed by atoms with van der Waals surface area (Å²) in [5, 5.41) is 12.9. The molecule has 0 fully saturated rings. The average Bonchev–Trinajstić information content (AvgIpc) is 3.27. The molecule has 0 radical (unpaired) electrons. The maximum atomic E-state index is 13.2. The van der Waals surface area contributed by atoms with Gasteiger partial charge in [-0.1, -0.05) is 24.3 Å². The van der Waals surface area contributed by atoms with Crippen molar-refractivity contribution >= 4 is 34.2 Å². The molecule has 170 valence electrons. The third-order valence-corrected chi connectivity index (χ3v) is 5.36. The molecule has 4 aromatic rings. The average molecular weight is 459 g/mol. The van der Waals surface area contributed by atoms with E-state index in [0.717, 1.165) is 0 Å². The minimum absolute atomic E-state index is 0.131. The third-order valence-electron chi connectivity index (χ3n) is 5.36. The molecule has 5 rings (SSSR count). The first-order valence-electron chi connectivity index (χ1n) is 10.4. The highest BCUT2D eigenvalue weighted by Crippen LogP contribution is 2.23. The van der Waals surface area contributed by atoms with E-state index in [0.29, 0.717) is 28.0 Å². The van der Waals surface area contributed by atoms with E-state index in [2.05, 4.69) is 25.5 Å². The Morgan fingerprint density at radius 3 is 2.71 bits per heavy atom. The van der Waals surface area contributed by atoms with E-state index in [1.807, 2.05) is 0 Å². The van der Waals surface area contributed by atoms with Gasteiger partial charge in [-0.2, -0.15) is 10.2 Å². The van der Waals surface area contributed by atoms with Crippen LogP contribution in [0.3, 0.4) is 0 Å². The van der Waals surface area contributed by atoms with E-state index < -0.39 is 5.91 Å². The van der Waals surface area contributed by atoms with Crippen LogP contribution in [0.2, 0.25) is 0 Å². The van der Waals surface area contributed by atoms with Crippen molar-refractivity contribution in [2.45, 2.75) is 19.4 Å². The molecule has 0 atom stereocenters. The van der Waals surface area contributed by atoms with Gasteiger partial charge >= 0.3 is 0 Å². The highest BCUT2D eigenvalue weighted by molar-refractivity contribution is 6.43. The first-order chi connectivity index (χ1) is 16.5. The number of carbonyl (C=O) groups is 2. The number of H-pyrrole nitrogens is 1. The van der Waals surface area contributed by atoms with E-state index in [1.165, 1.54) is 34.3 Å². The minimum atomic E-state index is -0.466. The third kappa shape index (κ3) is 4.06. The molecule has 0 saturated heterocycles. The molecule has 2 amide bonds. The second kappa shape index (κ2) is 8.70. The summed E-state index contributed by atoms with van der Waals surface area (Å²) >= 11 is 0. The Morgan fingerprint density at radius 2 is 1.88 bits per heavy atom. The first-order valence-corrected chi connectivity index (χ1v) is 10.4. The second-order valence-electron chi connectivity index (χ2n) is 7.62. The van der Waals surface area contributed by atoms with Crippen LogP contribution >= 0.6 is 0 Å². The molecule has 0 aliphatic carbocycles. The smallest absolute Gasteiger partial charge is 0.271 e. The van der Waals surface area contributed by atoms with Crippen LogP contribution in [0.1, 0.15) is 18.4 Å². The van der Waals surface area contributed by atoms with Crippen LogP contribution in [0.15, 0.2) is 71.0 Å². The van der Waals surface area contributed by atoms with Crippen molar-refractivity contribution in [3.63, 3.8) is 0 Å². The molecule has 34 heavy (non-hydrogen) atoms. The van der Waals surface area contributed by atoms with Gasteiger partial charge in [0.1, 0.15) is 16.9 Å². The number of aromatic nitrogens is 4. The van der Waals surface area contributed by atoms with Crippen molar-refractivity contribution in [2.75, 3.05) is 5.32 Å². The van der Waals surface area contributed by atoms with Gasteiger partial charge in [0.15, 0.2) is 5.65 Å². The summed E-state index contributed by atoms with van der Waals surface area (Å²) in [5.74, 6) is -1.06. The number of rotatable bonds is 5. The zero-order chi connectivity index (χ0) is 23.7. The summed E-state index contributed by atoms with van der Waals surface area (Å²) in [7, 11) is 0. The highest BCUT2D eigenvalue weighted by atomic mass is 19.1. The number of nitrogens with zero attached hydrogens (tertiary/aromatic N) is 5. The van der Waals surface area contributed by atoms with Crippen LogP contribution in [0, 0.1) is 5.82 Å². The Balaban J connectivity index is 1.41. The zero-order valence-electron chi connectivity index (χ0n) is 17.7. The van der Waals surface area contributed by atoms with Gasteiger partial charge in [0.05, 0.1) is 30.4 Å².